The van der Waals surface area contributed by atoms with E-state index in [1.165, 1.54) is 0 Å². The van der Waals surface area contributed by atoms with Gasteiger partial charge in [-0.2, -0.15) is 0 Å². The highest BCUT2D eigenvalue weighted by molar-refractivity contribution is 5.29. The summed E-state index contributed by atoms with van der Waals surface area (Å²) < 4.78 is 10.7. The lowest BCUT2D eigenvalue weighted by Gasteiger charge is -2.26. The molecule has 1 aliphatic heterocycles. The van der Waals surface area contributed by atoms with Gasteiger partial charge in [-0.3, -0.25) is 0 Å². The Kier molecular flexibility index (Phi) is 3.55. The van der Waals surface area contributed by atoms with Crippen molar-refractivity contribution < 1.29 is 14.3 Å². The number of ether oxygens (including phenoxy) is 2. The Bertz CT molecular complexity index is 312. The first-order chi connectivity index (χ1) is 7.38. The monoisotopic (exact) mass is 209 g/mol. The van der Waals surface area contributed by atoms with Crippen LogP contribution in [0.4, 0.5) is 0 Å². The van der Waals surface area contributed by atoms with Gasteiger partial charge in [0.05, 0.1) is 19.8 Å². The van der Waals surface area contributed by atoms with Crippen LogP contribution in [0.2, 0.25) is 0 Å². The van der Waals surface area contributed by atoms with Gasteiger partial charge in [0.25, 0.3) is 0 Å². The molecule has 0 amide bonds. The Hall–Kier alpha value is -1.10. The van der Waals surface area contributed by atoms with Crippen molar-refractivity contribution in [1.29, 1.82) is 0 Å². The third-order valence-electron chi connectivity index (χ3n) is 2.32. The summed E-state index contributed by atoms with van der Waals surface area (Å²) in [6, 6.07) is 7.96. The van der Waals surface area contributed by atoms with Gasteiger partial charge >= 0.3 is 0 Å². The van der Waals surface area contributed by atoms with Gasteiger partial charge in [-0.25, -0.2) is 5.90 Å². The van der Waals surface area contributed by atoms with E-state index in [-0.39, 0.29) is 6.10 Å². The minimum absolute atomic E-state index is 0.214. The van der Waals surface area contributed by atoms with E-state index < -0.39 is 0 Å². The fourth-order valence-corrected chi connectivity index (χ4v) is 1.43. The Morgan fingerprint density at radius 1 is 1.40 bits per heavy atom. The highest BCUT2D eigenvalue weighted by Gasteiger charge is 2.19. The average molecular weight is 209 g/mol. The number of benzene rings is 1. The molecule has 0 unspecified atom stereocenters. The van der Waals surface area contributed by atoms with Crippen molar-refractivity contribution in [1.82, 2.24) is 0 Å². The van der Waals surface area contributed by atoms with Crippen molar-refractivity contribution in [2.24, 2.45) is 5.90 Å². The first-order valence-corrected chi connectivity index (χ1v) is 5.03. The largest absolute Gasteiger partial charge is 0.486 e. The lowest BCUT2D eigenvalue weighted by atomic mass is 10.1. The first-order valence-electron chi connectivity index (χ1n) is 5.03. The maximum Gasteiger partial charge on any atom is 0.145 e. The summed E-state index contributed by atoms with van der Waals surface area (Å²) in [4.78, 5) is 4.54. The second kappa shape index (κ2) is 5.11. The number of nitrogens with two attached hydrogens (primary N) is 1. The van der Waals surface area contributed by atoms with Crippen LogP contribution >= 0.6 is 0 Å². The van der Waals surface area contributed by atoms with Crippen LogP contribution < -0.4 is 10.6 Å². The normalized spacial score (nSPS) is 16.1. The molecule has 0 aliphatic carbocycles. The summed E-state index contributed by atoms with van der Waals surface area (Å²) in [6.07, 6.45) is 1.01. The summed E-state index contributed by atoms with van der Waals surface area (Å²) in [5.41, 5.74) is 1.16. The van der Waals surface area contributed by atoms with Gasteiger partial charge in [-0.1, -0.05) is 12.1 Å². The van der Waals surface area contributed by atoms with Crippen molar-refractivity contribution in [3.05, 3.63) is 29.8 Å². The van der Waals surface area contributed by atoms with E-state index in [1.54, 1.807) is 0 Å². The molecule has 0 radical (unpaired) electrons. The Morgan fingerprint density at radius 2 is 2.27 bits per heavy atom. The van der Waals surface area contributed by atoms with Gasteiger partial charge in [0.1, 0.15) is 11.9 Å². The van der Waals surface area contributed by atoms with Crippen molar-refractivity contribution in [3.8, 4) is 5.75 Å². The van der Waals surface area contributed by atoms with Gasteiger partial charge in [-0.05, 0) is 24.1 Å². The standard InChI is InChI=1S/C11H15NO3/c12-14-5-4-9-2-1-3-10(6-9)15-11-7-13-8-11/h1-3,6,11H,4-5,7-8,12H2. The van der Waals surface area contributed by atoms with Crippen LogP contribution in [0.25, 0.3) is 0 Å². The molecule has 1 aromatic carbocycles. The van der Waals surface area contributed by atoms with Crippen molar-refractivity contribution in [2.45, 2.75) is 12.5 Å². The molecule has 0 saturated carbocycles. The summed E-state index contributed by atoms with van der Waals surface area (Å²) in [6.45, 7) is 1.91. The predicted molar refractivity (Wildman–Crippen MR) is 55.5 cm³/mol. The van der Waals surface area contributed by atoms with Crippen molar-refractivity contribution in [3.63, 3.8) is 0 Å². The Balaban J connectivity index is 1.92. The molecule has 1 aromatic rings. The molecule has 82 valence electrons. The topological polar surface area (TPSA) is 53.7 Å². The van der Waals surface area contributed by atoms with Crippen LogP contribution in [0.5, 0.6) is 5.75 Å². The zero-order valence-corrected chi connectivity index (χ0v) is 8.52. The minimum atomic E-state index is 0.214. The fraction of sp³-hybridized carbons (Fsp3) is 0.455. The maximum absolute atomic E-state index is 5.67. The smallest absolute Gasteiger partial charge is 0.145 e. The second-order valence-electron chi connectivity index (χ2n) is 3.55. The van der Waals surface area contributed by atoms with Gasteiger partial charge in [-0.15, -0.1) is 0 Å². The molecule has 1 aliphatic rings. The lowest BCUT2D eigenvalue weighted by molar-refractivity contribution is -0.0797. The molecule has 2 rings (SSSR count). The first kappa shape index (κ1) is 10.4. The molecule has 0 spiro atoms. The van der Waals surface area contributed by atoms with E-state index in [0.29, 0.717) is 19.8 Å². The fourth-order valence-electron chi connectivity index (χ4n) is 1.43. The second-order valence-corrected chi connectivity index (χ2v) is 3.55. The van der Waals surface area contributed by atoms with Crippen LogP contribution in [0, 0.1) is 0 Å². The molecule has 1 fully saturated rings. The molecule has 0 aromatic heterocycles. The van der Waals surface area contributed by atoms with Crippen molar-refractivity contribution in [2.75, 3.05) is 19.8 Å². The average Bonchev–Trinajstić information content (AvgIpc) is 2.21. The van der Waals surface area contributed by atoms with Gasteiger partial charge in [0.2, 0.25) is 0 Å². The molecular weight excluding hydrogens is 194 g/mol. The SMILES string of the molecule is NOCCc1cccc(OC2COC2)c1. The zero-order chi connectivity index (χ0) is 10.5. The summed E-state index contributed by atoms with van der Waals surface area (Å²) in [5, 5.41) is 0. The van der Waals surface area contributed by atoms with Crippen LogP contribution in [0.1, 0.15) is 5.56 Å². The van der Waals surface area contributed by atoms with Crippen LogP contribution in [0.15, 0.2) is 24.3 Å². The van der Waals surface area contributed by atoms with Crippen molar-refractivity contribution >= 4 is 0 Å². The highest BCUT2D eigenvalue weighted by Crippen LogP contribution is 2.17. The van der Waals surface area contributed by atoms with E-state index in [4.69, 9.17) is 15.4 Å². The maximum atomic E-state index is 5.67. The van der Waals surface area contributed by atoms with Crippen LogP contribution in [-0.4, -0.2) is 25.9 Å². The van der Waals surface area contributed by atoms with Gasteiger partial charge in [0.15, 0.2) is 0 Å². The molecule has 1 heterocycles. The lowest BCUT2D eigenvalue weighted by Crippen LogP contribution is -2.38. The Labute approximate surface area is 88.9 Å². The van der Waals surface area contributed by atoms with E-state index in [0.717, 1.165) is 17.7 Å². The number of hydrogen-bond donors (Lipinski definition) is 1. The van der Waals surface area contributed by atoms with E-state index in [1.807, 2.05) is 24.3 Å². The quantitative estimate of drug-likeness (QED) is 0.732. The summed E-state index contributed by atoms with van der Waals surface area (Å²) in [7, 11) is 0. The number of rotatable bonds is 5. The molecule has 4 nitrogen and oxygen atoms in total. The molecule has 15 heavy (non-hydrogen) atoms. The zero-order valence-electron chi connectivity index (χ0n) is 8.52. The summed E-state index contributed by atoms with van der Waals surface area (Å²) >= 11 is 0. The predicted octanol–water partition coefficient (Wildman–Crippen LogP) is 0.897. The summed E-state index contributed by atoms with van der Waals surface area (Å²) in [5.74, 6) is 5.86. The third kappa shape index (κ3) is 2.92. The molecule has 0 atom stereocenters. The molecule has 4 heteroatoms. The van der Waals surface area contributed by atoms with Crippen LogP contribution in [0.3, 0.4) is 0 Å². The van der Waals surface area contributed by atoms with Gasteiger partial charge < -0.3 is 14.3 Å². The molecule has 0 bridgehead atoms. The number of hydrogen-bond acceptors (Lipinski definition) is 4. The Morgan fingerprint density at radius 3 is 2.93 bits per heavy atom. The third-order valence-corrected chi connectivity index (χ3v) is 2.32. The van der Waals surface area contributed by atoms with Gasteiger partial charge in [0, 0.05) is 0 Å². The van der Waals surface area contributed by atoms with E-state index >= 15 is 0 Å². The van der Waals surface area contributed by atoms with E-state index in [9.17, 15) is 0 Å². The minimum Gasteiger partial charge on any atom is -0.486 e. The van der Waals surface area contributed by atoms with Crippen LogP contribution in [-0.2, 0) is 16.0 Å². The van der Waals surface area contributed by atoms with E-state index in [2.05, 4.69) is 4.84 Å². The molecule has 2 N–H and O–H groups in total. The highest BCUT2D eigenvalue weighted by atomic mass is 16.6. The molecule has 1 saturated heterocycles. The molecular formula is C11H15NO3.